The van der Waals surface area contributed by atoms with Gasteiger partial charge in [-0.25, -0.2) is 0 Å². The Bertz CT molecular complexity index is 680. The van der Waals surface area contributed by atoms with Crippen molar-refractivity contribution in [3.63, 3.8) is 0 Å². The van der Waals surface area contributed by atoms with E-state index in [0.29, 0.717) is 25.1 Å². The molecular weight excluding hydrogens is 394 g/mol. The van der Waals surface area contributed by atoms with Gasteiger partial charge in [0.05, 0.1) is 12.1 Å². The van der Waals surface area contributed by atoms with E-state index in [1.54, 1.807) is 17.8 Å². The zero-order chi connectivity index (χ0) is 20.4. The Kier molecular flexibility index (Phi) is 9.95. The number of carboxylic acids is 1. The van der Waals surface area contributed by atoms with Crippen LogP contribution in [-0.4, -0.2) is 62.3 Å². The fraction of sp³-hybridized carbons (Fsp3) is 0.524. The molecule has 5 nitrogen and oxygen atoms in total. The van der Waals surface area contributed by atoms with Crippen molar-refractivity contribution in [2.45, 2.75) is 44.8 Å². The molecule has 7 heteroatoms. The zero-order valence-corrected chi connectivity index (χ0v) is 17.9. The van der Waals surface area contributed by atoms with Crippen LogP contribution in [0.1, 0.15) is 30.9 Å². The van der Waals surface area contributed by atoms with E-state index in [4.69, 9.17) is 5.11 Å². The highest BCUT2D eigenvalue weighted by atomic mass is 32.2. The number of nitrogens with zero attached hydrogens (tertiary/aromatic N) is 1. The molecule has 1 fully saturated rings. The van der Waals surface area contributed by atoms with Gasteiger partial charge in [-0.15, -0.1) is 0 Å². The lowest BCUT2D eigenvalue weighted by molar-refractivity contribution is -0.137. The number of rotatable bonds is 12. The molecule has 0 radical (unpaired) electrons. The Morgan fingerprint density at radius 1 is 1.39 bits per heavy atom. The molecule has 1 amide bonds. The number of benzene rings is 1. The molecule has 1 aliphatic heterocycles. The third kappa shape index (κ3) is 7.89. The van der Waals surface area contributed by atoms with Crippen LogP contribution in [0.3, 0.4) is 0 Å². The summed E-state index contributed by atoms with van der Waals surface area (Å²) in [5, 5.41) is 19.1. The molecule has 0 bridgehead atoms. The highest BCUT2D eigenvalue weighted by Crippen LogP contribution is 2.25. The first-order valence-corrected chi connectivity index (χ1v) is 11.8. The van der Waals surface area contributed by atoms with Crippen molar-refractivity contribution in [2.75, 3.05) is 23.8 Å². The lowest BCUT2D eigenvalue weighted by Gasteiger charge is -2.21. The van der Waals surface area contributed by atoms with Crippen LogP contribution >= 0.6 is 23.5 Å². The summed E-state index contributed by atoms with van der Waals surface area (Å²) in [6, 6.07) is 8.27. The number of amides is 1. The lowest BCUT2D eigenvalue weighted by Crippen LogP contribution is -2.34. The van der Waals surface area contributed by atoms with E-state index in [1.807, 2.05) is 23.1 Å². The number of hydrogen-bond acceptors (Lipinski definition) is 5. The highest BCUT2D eigenvalue weighted by Gasteiger charge is 2.29. The average Bonchev–Trinajstić information content (AvgIpc) is 3.02. The predicted molar refractivity (Wildman–Crippen MR) is 117 cm³/mol. The number of carbonyl (C=O) groups excluding carboxylic acids is 1. The van der Waals surface area contributed by atoms with Crippen molar-refractivity contribution < 1.29 is 19.8 Å². The second-order valence-corrected chi connectivity index (χ2v) is 8.97. The molecule has 1 aromatic rings. The van der Waals surface area contributed by atoms with E-state index in [0.717, 1.165) is 23.5 Å². The van der Waals surface area contributed by atoms with Gasteiger partial charge in [0, 0.05) is 30.9 Å². The molecule has 0 unspecified atom stereocenters. The summed E-state index contributed by atoms with van der Waals surface area (Å²) in [6.45, 7) is 2.76. The Morgan fingerprint density at radius 3 is 2.93 bits per heavy atom. The van der Waals surface area contributed by atoms with Crippen molar-refractivity contribution in [1.29, 1.82) is 0 Å². The molecule has 0 spiro atoms. The normalized spacial score (nSPS) is 18.1. The minimum atomic E-state index is -0.767. The van der Waals surface area contributed by atoms with Crippen LogP contribution in [0.15, 0.2) is 36.4 Å². The third-order valence-electron chi connectivity index (χ3n) is 4.57. The summed E-state index contributed by atoms with van der Waals surface area (Å²) in [5.74, 6) is 1.52. The minimum absolute atomic E-state index is 0.00810. The topological polar surface area (TPSA) is 77.8 Å². The molecule has 1 aromatic carbocycles. The van der Waals surface area contributed by atoms with Crippen LogP contribution in [0.25, 0.3) is 0 Å². The Balaban J connectivity index is 1.78. The number of aliphatic hydroxyl groups excluding tert-OH is 1. The fourth-order valence-corrected chi connectivity index (χ4v) is 4.89. The monoisotopic (exact) mass is 423 g/mol. The molecule has 1 heterocycles. The maximum Gasteiger partial charge on any atom is 0.303 e. The van der Waals surface area contributed by atoms with E-state index in [-0.39, 0.29) is 17.7 Å². The molecular formula is C21H29NO4S2. The SMILES string of the molecule is CCc1cccc(C[C@H](O)C=C[C@H]2CSC(=O)N2CCSCCCC(=O)O)c1. The summed E-state index contributed by atoms with van der Waals surface area (Å²) in [5.41, 5.74) is 2.38. The number of thioether (sulfide) groups is 2. The number of aliphatic carboxylic acids is 1. The number of aliphatic hydroxyl groups is 1. The van der Waals surface area contributed by atoms with Crippen LogP contribution in [-0.2, 0) is 17.6 Å². The van der Waals surface area contributed by atoms with Gasteiger partial charge >= 0.3 is 5.97 Å². The summed E-state index contributed by atoms with van der Waals surface area (Å²) in [4.78, 5) is 24.5. The first-order valence-electron chi connectivity index (χ1n) is 9.66. The third-order valence-corrected chi connectivity index (χ3v) is 6.61. The molecule has 1 aliphatic rings. The quantitative estimate of drug-likeness (QED) is 0.393. The fourth-order valence-electron chi connectivity index (χ4n) is 3.01. The van der Waals surface area contributed by atoms with Crippen LogP contribution in [0.2, 0.25) is 0 Å². The summed E-state index contributed by atoms with van der Waals surface area (Å²) >= 11 is 2.99. The first kappa shape index (κ1) is 22.8. The van der Waals surface area contributed by atoms with E-state index in [1.165, 1.54) is 17.3 Å². The van der Waals surface area contributed by atoms with Gasteiger partial charge in [0.1, 0.15) is 0 Å². The Labute approximate surface area is 175 Å². The van der Waals surface area contributed by atoms with Crippen LogP contribution < -0.4 is 0 Å². The Morgan fingerprint density at radius 2 is 2.18 bits per heavy atom. The summed E-state index contributed by atoms with van der Waals surface area (Å²) < 4.78 is 0. The molecule has 2 rings (SSSR count). The van der Waals surface area contributed by atoms with Crippen LogP contribution in [0.4, 0.5) is 4.79 Å². The molecule has 1 saturated heterocycles. The first-order chi connectivity index (χ1) is 13.5. The van der Waals surface area contributed by atoms with E-state index in [9.17, 15) is 14.7 Å². The second-order valence-electron chi connectivity index (χ2n) is 6.78. The number of carbonyl (C=O) groups is 2. The van der Waals surface area contributed by atoms with Gasteiger partial charge in [-0.1, -0.05) is 55.1 Å². The molecule has 154 valence electrons. The Hall–Kier alpha value is -1.44. The minimum Gasteiger partial charge on any atom is -0.481 e. The van der Waals surface area contributed by atoms with Crippen molar-refractivity contribution >= 4 is 34.7 Å². The average molecular weight is 424 g/mol. The maximum absolute atomic E-state index is 12.1. The lowest BCUT2D eigenvalue weighted by atomic mass is 10.0. The van der Waals surface area contributed by atoms with E-state index >= 15 is 0 Å². The van der Waals surface area contributed by atoms with Gasteiger partial charge in [-0.2, -0.15) is 11.8 Å². The van der Waals surface area contributed by atoms with E-state index < -0.39 is 12.1 Å². The summed E-state index contributed by atoms with van der Waals surface area (Å²) in [6.07, 6.45) is 5.56. The molecule has 28 heavy (non-hydrogen) atoms. The van der Waals surface area contributed by atoms with Crippen LogP contribution in [0, 0.1) is 0 Å². The predicted octanol–water partition coefficient (Wildman–Crippen LogP) is 3.84. The van der Waals surface area contributed by atoms with Gasteiger partial charge in [0.25, 0.3) is 5.24 Å². The molecule has 0 saturated carbocycles. The smallest absolute Gasteiger partial charge is 0.303 e. The van der Waals surface area contributed by atoms with Crippen molar-refractivity contribution in [1.82, 2.24) is 4.90 Å². The summed E-state index contributed by atoms with van der Waals surface area (Å²) in [7, 11) is 0. The van der Waals surface area contributed by atoms with Gasteiger partial charge < -0.3 is 15.1 Å². The standard InChI is InChI=1S/C21H29NO4S2/c1-2-16-5-3-6-17(13-16)14-19(23)9-8-18-15-28-21(26)22(18)10-12-27-11-4-7-20(24)25/h3,5-6,8-9,13,18-19,23H,2,4,7,10-12,14-15H2,1H3,(H,24,25)/t18-,19+/m0/s1. The van der Waals surface area contributed by atoms with Gasteiger partial charge in [-0.3, -0.25) is 9.59 Å². The molecule has 0 aliphatic carbocycles. The van der Waals surface area contributed by atoms with Gasteiger partial charge in [0.15, 0.2) is 0 Å². The number of carboxylic acid groups (broad SMARTS) is 1. The number of aryl methyl sites for hydroxylation is 1. The van der Waals surface area contributed by atoms with Crippen molar-refractivity contribution in [3.8, 4) is 0 Å². The molecule has 2 N–H and O–H groups in total. The van der Waals surface area contributed by atoms with Crippen molar-refractivity contribution in [3.05, 3.63) is 47.5 Å². The molecule has 0 aromatic heterocycles. The highest BCUT2D eigenvalue weighted by molar-refractivity contribution is 8.13. The van der Waals surface area contributed by atoms with Gasteiger partial charge in [-0.05, 0) is 29.7 Å². The second kappa shape index (κ2) is 12.2. The number of hydrogen-bond donors (Lipinski definition) is 2. The van der Waals surface area contributed by atoms with Crippen LogP contribution in [0.5, 0.6) is 0 Å². The zero-order valence-electron chi connectivity index (χ0n) is 16.3. The maximum atomic E-state index is 12.1. The van der Waals surface area contributed by atoms with E-state index in [2.05, 4.69) is 19.1 Å². The van der Waals surface area contributed by atoms with Gasteiger partial charge in [0.2, 0.25) is 0 Å². The largest absolute Gasteiger partial charge is 0.481 e. The van der Waals surface area contributed by atoms with Crippen molar-refractivity contribution in [2.24, 2.45) is 0 Å². The molecule has 2 atom stereocenters.